The second kappa shape index (κ2) is 7.06. The highest BCUT2D eigenvalue weighted by Gasteiger charge is 2.26. The monoisotopic (exact) mass is 264 g/mol. The highest BCUT2D eigenvalue weighted by Crippen LogP contribution is 2.14. The summed E-state index contributed by atoms with van der Waals surface area (Å²) in [7, 11) is 2.08. The molecule has 4 heteroatoms. The number of aryl methyl sites for hydroxylation is 1. The molecule has 0 amide bonds. The molecule has 1 aliphatic heterocycles. The molecule has 4 nitrogen and oxygen atoms in total. The van der Waals surface area contributed by atoms with E-state index in [4.69, 9.17) is 0 Å². The number of aromatic nitrogens is 2. The van der Waals surface area contributed by atoms with Gasteiger partial charge < -0.3 is 9.88 Å². The Morgan fingerprint density at radius 3 is 2.89 bits per heavy atom. The Morgan fingerprint density at radius 2 is 2.26 bits per heavy atom. The van der Waals surface area contributed by atoms with Crippen molar-refractivity contribution in [3.05, 3.63) is 18.2 Å². The molecule has 0 aromatic carbocycles. The lowest BCUT2D eigenvalue weighted by atomic mass is 10.0. The first-order chi connectivity index (χ1) is 9.24. The van der Waals surface area contributed by atoms with Crippen molar-refractivity contribution >= 4 is 0 Å². The molecule has 2 unspecified atom stereocenters. The molecule has 2 atom stereocenters. The van der Waals surface area contributed by atoms with Crippen LogP contribution < -0.4 is 5.32 Å². The first-order valence-corrected chi connectivity index (χ1v) is 7.68. The van der Waals surface area contributed by atoms with Gasteiger partial charge in [-0.2, -0.15) is 0 Å². The van der Waals surface area contributed by atoms with Gasteiger partial charge in [0, 0.05) is 57.6 Å². The Bertz CT molecular complexity index is 374. The number of piperazine rings is 1. The third-order valence-corrected chi connectivity index (χ3v) is 4.27. The van der Waals surface area contributed by atoms with Crippen LogP contribution in [0.25, 0.3) is 0 Å². The summed E-state index contributed by atoms with van der Waals surface area (Å²) >= 11 is 0. The van der Waals surface area contributed by atoms with Crippen LogP contribution in [0.1, 0.15) is 38.9 Å². The number of hydrogen-bond donors (Lipinski definition) is 1. The first-order valence-electron chi connectivity index (χ1n) is 7.68. The fourth-order valence-electron chi connectivity index (χ4n) is 2.97. The van der Waals surface area contributed by atoms with Gasteiger partial charge in [-0.15, -0.1) is 0 Å². The predicted molar refractivity (Wildman–Crippen MR) is 79.3 cm³/mol. The number of rotatable bonds is 6. The molecule has 19 heavy (non-hydrogen) atoms. The molecule has 1 aliphatic rings. The van der Waals surface area contributed by atoms with Gasteiger partial charge in [0.2, 0.25) is 0 Å². The fraction of sp³-hybridized carbons (Fsp3) is 0.800. The molecule has 2 rings (SSSR count). The van der Waals surface area contributed by atoms with Gasteiger partial charge in [-0.25, -0.2) is 4.98 Å². The lowest BCUT2D eigenvalue weighted by molar-refractivity contribution is 0.121. The van der Waals surface area contributed by atoms with E-state index >= 15 is 0 Å². The maximum Gasteiger partial charge on any atom is 0.109 e. The van der Waals surface area contributed by atoms with Crippen LogP contribution >= 0.6 is 0 Å². The van der Waals surface area contributed by atoms with E-state index in [1.165, 1.54) is 31.6 Å². The van der Waals surface area contributed by atoms with Gasteiger partial charge in [0.1, 0.15) is 5.82 Å². The molecule has 0 spiro atoms. The Kier molecular flexibility index (Phi) is 5.40. The smallest absolute Gasteiger partial charge is 0.109 e. The highest BCUT2D eigenvalue weighted by atomic mass is 15.2. The number of imidazole rings is 1. The van der Waals surface area contributed by atoms with E-state index in [1.54, 1.807) is 0 Å². The second-order valence-corrected chi connectivity index (χ2v) is 5.66. The van der Waals surface area contributed by atoms with Crippen LogP contribution in [0.2, 0.25) is 0 Å². The molecule has 1 N–H and O–H groups in total. The summed E-state index contributed by atoms with van der Waals surface area (Å²) in [6, 6.07) is 1.36. The molecular weight excluding hydrogens is 236 g/mol. The Labute approximate surface area is 117 Å². The summed E-state index contributed by atoms with van der Waals surface area (Å²) in [4.78, 5) is 7.10. The van der Waals surface area contributed by atoms with Gasteiger partial charge >= 0.3 is 0 Å². The number of nitrogens with zero attached hydrogens (tertiary/aromatic N) is 3. The van der Waals surface area contributed by atoms with Gasteiger partial charge in [-0.3, -0.25) is 4.90 Å². The maximum atomic E-state index is 4.43. The number of hydrogen-bond acceptors (Lipinski definition) is 3. The van der Waals surface area contributed by atoms with Crippen molar-refractivity contribution in [3.8, 4) is 0 Å². The van der Waals surface area contributed by atoms with E-state index in [2.05, 4.69) is 40.7 Å². The average Bonchev–Trinajstić information content (AvgIpc) is 2.83. The van der Waals surface area contributed by atoms with Crippen LogP contribution in [0, 0.1) is 0 Å². The van der Waals surface area contributed by atoms with Crippen molar-refractivity contribution in [1.29, 1.82) is 0 Å². The summed E-state index contributed by atoms with van der Waals surface area (Å²) in [6.07, 6.45) is 8.76. The Balaban J connectivity index is 1.91. The van der Waals surface area contributed by atoms with Gasteiger partial charge in [0.25, 0.3) is 0 Å². The fourth-order valence-corrected chi connectivity index (χ4v) is 2.97. The van der Waals surface area contributed by atoms with E-state index in [1.807, 2.05) is 12.4 Å². The zero-order chi connectivity index (χ0) is 13.7. The molecule has 1 fully saturated rings. The third kappa shape index (κ3) is 3.80. The van der Waals surface area contributed by atoms with E-state index in [0.29, 0.717) is 12.1 Å². The van der Waals surface area contributed by atoms with Crippen LogP contribution in [0.4, 0.5) is 0 Å². The van der Waals surface area contributed by atoms with E-state index in [-0.39, 0.29) is 0 Å². The predicted octanol–water partition coefficient (Wildman–Crippen LogP) is 1.82. The number of nitrogens with one attached hydrogen (secondary N) is 1. The zero-order valence-corrected chi connectivity index (χ0v) is 12.6. The van der Waals surface area contributed by atoms with E-state index in [9.17, 15) is 0 Å². The van der Waals surface area contributed by atoms with Crippen LogP contribution in [0.15, 0.2) is 12.4 Å². The quantitative estimate of drug-likeness (QED) is 0.851. The zero-order valence-electron chi connectivity index (χ0n) is 12.6. The van der Waals surface area contributed by atoms with Gasteiger partial charge in [-0.1, -0.05) is 20.3 Å². The summed E-state index contributed by atoms with van der Waals surface area (Å²) in [5.41, 5.74) is 0. The van der Waals surface area contributed by atoms with E-state index < -0.39 is 0 Å². The molecule has 108 valence electrons. The minimum absolute atomic E-state index is 0.662. The summed E-state index contributed by atoms with van der Waals surface area (Å²) in [5.74, 6) is 1.20. The van der Waals surface area contributed by atoms with Gasteiger partial charge in [-0.05, 0) is 12.8 Å². The Hall–Kier alpha value is -0.870. The minimum Gasteiger partial charge on any atom is -0.338 e. The van der Waals surface area contributed by atoms with Crippen LogP contribution in [-0.2, 0) is 13.5 Å². The average molecular weight is 264 g/mol. The van der Waals surface area contributed by atoms with Crippen LogP contribution in [0.5, 0.6) is 0 Å². The molecule has 2 heterocycles. The van der Waals surface area contributed by atoms with Crippen LogP contribution in [-0.4, -0.2) is 46.2 Å². The summed E-state index contributed by atoms with van der Waals surface area (Å²) in [5, 5.41) is 3.68. The molecule has 1 aromatic rings. The SMILES string of the molecule is CCCC1CNC(CC)CN1CCc1nccn1C. The molecule has 0 radical (unpaired) electrons. The van der Waals surface area contributed by atoms with Crippen LogP contribution in [0.3, 0.4) is 0 Å². The van der Waals surface area contributed by atoms with Crippen molar-refractivity contribution < 1.29 is 0 Å². The molecular formula is C15H28N4. The van der Waals surface area contributed by atoms with Crippen molar-refractivity contribution in [2.24, 2.45) is 7.05 Å². The standard InChI is InChI=1S/C15H28N4/c1-4-6-14-11-17-13(5-2)12-19(14)9-7-15-16-8-10-18(15)3/h8,10,13-14,17H,4-7,9,11-12H2,1-3H3. The van der Waals surface area contributed by atoms with Crippen molar-refractivity contribution in [2.75, 3.05) is 19.6 Å². The summed E-state index contributed by atoms with van der Waals surface area (Å²) in [6.45, 7) is 8.02. The Morgan fingerprint density at radius 1 is 1.42 bits per heavy atom. The molecule has 1 saturated heterocycles. The minimum atomic E-state index is 0.662. The topological polar surface area (TPSA) is 33.1 Å². The molecule has 1 aromatic heterocycles. The van der Waals surface area contributed by atoms with Gasteiger partial charge in [0.05, 0.1) is 0 Å². The van der Waals surface area contributed by atoms with Crippen molar-refractivity contribution in [3.63, 3.8) is 0 Å². The lowest BCUT2D eigenvalue weighted by Gasteiger charge is -2.40. The van der Waals surface area contributed by atoms with Crippen molar-refractivity contribution in [2.45, 2.75) is 51.6 Å². The molecule has 0 saturated carbocycles. The maximum absolute atomic E-state index is 4.43. The normalized spacial score (nSPS) is 24.8. The first kappa shape index (κ1) is 14.5. The molecule has 0 bridgehead atoms. The van der Waals surface area contributed by atoms with E-state index in [0.717, 1.165) is 19.5 Å². The largest absolute Gasteiger partial charge is 0.338 e. The second-order valence-electron chi connectivity index (χ2n) is 5.66. The lowest BCUT2D eigenvalue weighted by Crippen LogP contribution is -2.56. The third-order valence-electron chi connectivity index (χ3n) is 4.27. The molecule has 0 aliphatic carbocycles. The summed E-state index contributed by atoms with van der Waals surface area (Å²) < 4.78 is 2.13. The highest BCUT2D eigenvalue weighted by molar-refractivity contribution is 4.93. The van der Waals surface area contributed by atoms with Crippen molar-refractivity contribution in [1.82, 2.24) is 19.8 Å². The van der Waals surface area contributed by atoms with Gasteiger partial charge in [0.15, 0.2) is 0 Å².